The van der Waals surface area contributed by atoms with Crippen LogP contribution in [0.2, 0.25) is 0 Å². The van der Waals surface area contributed by atoms with Gasteiger partial charge < -0.3 is 14.7 Å². The fraction of sp³-hybridized carbons (Fsp3) is 0.857. The lowest BCUT2D eigenvalue weighted by Crippen LogP contribution is -2.52. The molecular formula is C21H32F4N2O5. The topological polar surface area (TPSA) is 87.2 Å². The predicted octanol–water partition coefficient (Wildman–Crippen LogP) is 3.02. The number of rotatable bonds is 4. The maximum Gasteiger partial charge on any atom is 0.490 e. The number of nitrogens with zero attached hydrogens (tertiary/aromatic N) is 2. The molecule has 1 N–H and O–H groups in total. The van der Waals surface area contributed by atoms with E-state index in [0.29, 0.717) is 51.5 Å². The number of likely N-dealkylation sites (tertiary alicyclic amines) is 2. The molecule has 0 spiro atoms. The number of carboxylic acids is 1. The zero-order valence-electron chi connectivity index (χ0n) is 18.7. The van der Waals surface area contributed by atoms with Gasteiger partial charge in [-0.05, 0) is 52.9 Å². The molecule has 2 saturated heterocycles. The lowest BCUT2D eigenvalue weighted by atomic mass is 9.75. The highest BCUT2D eigenvalue weighted by Gasteiger charge is 2.56. The van der Waals surface area contributed by atoms with Crippen molar-refractivity contribution in [2.45, 2.75) is 70.8 Å². The summed E-state index contributed by atoms with van der Waals surface area (Å²) in [5.41, 5.74) is -2.22. The third kappa shape index (κ3) is 5.52. The van der Waals surface area contributed by atoms with Crippen molar-refractivity contribution in [3.63, 3.8) is 0 Å². The van der Waals surface area contributed by atoms with Gasteiger partial charge in [-0.3, -0.25) is 14.5 Å². The highest BCUT2D eigenvalue weighted by atomic mass is 19.4. The van der Waals surface area contributed by atoms with Gasteiger partial charge >= 0.3 is 18.1 Å². The standard InChI is InChI=1S/C19H31FN2O3.C2HF3O2/c1-4-25-17(24)18-7-6-10-21(16(23)19(20)8-5-9-19)11-15(18)12-22(13-18)14(2)3;3-2(4,5)1(6)7/h14-15H,4-13H2,1-3H3;(H,6,7)/t15-,18-;/m0./s1. The summed E-state index contributed by atoms with van der Waals surface area (Å²) in [6.07, 6.45) is -2.18. The number of hydrogen-bond acceptors (Lipinski definition) is 5. The van der Waals surface area contributed by atoms with Crippen LogP contribution < -0.4 is 0 Å². The maximum atomic E-state index is 14.6. The molecule has 3 rings (SSSR count). The normalized spacial score (nSPS) is 27.5. The van der Waals surface area contributed by atoms with E-state index in [0.717, 1.165) is 19.4 Å². The molecule has 3 fully saturated rings. The van der Waals surface area contributed by atoms with Gasteiger partial charge in [-0.2, -0.15) is 13.2 Å². The Labute approximate surface area is 185 Å². The van der Waals surface area contributed by atoms with Gasteiger partial charge in [0.2, 0.25) is 0 Å². The number of alkyl halides is 4. The Morgan fingerprint density at radius 3 is 2.16 bits per heavy atom. The first-order chi connectivity index (χ1) is 14.8. The molecule has 11 heteroatoms. The first kappa shape index (κ1) is 26.3. The second-order valence-corrected chi connectivity index (χ2v) is 9.07. The smallest absolute Gasteiger partial charge is 0.475 e. The number of halogens is 4. The fourth-order valence-electron chi connectivity index (χ4n) is 4.64. The molecule has 0 aromatic carbocycles. The number of aliphatic carboxylic acids is 1. The highest BCUT2D eigenvalue weighted by molar-refractivity contribution is 5.86. The average Bonchev–Trinajstić information content (AvgIpc) is 2.95. The Balaban J connectivity index is 0.000000451. The second kappa shape index (κ2) is 9.93. The summed E-state index contributed by atoms with van der Waals surface area (Å²) in [6.45, 7) is 8.89. The van der Waals surface area contributed by atoms with Crippen LogP contribution in [-0.2, 0) is 19.1 Å². The van der Waals surface area contributed by atoms with Crippen LogP contribution in [0.3, 0.4) is 0 Å². The van der Waals surface area contributed by atoms with Crippen molar-refractivity contribution < 1.29 is 41.8 Å². The van der Waals surface area contributed by atoms with Gasteiger partial charge in [0.25, 0.3) is 5.91 Å². The summed E-state index contributed by atoms with van der Waals surface area (Å²) < 4.78 is 51.8. The van der Waals surface area contributed by atoms with E-state index in [2.05, 4.69) is 18.7 Å². The average molecular weight is 468 g/mol. The van der Waals surface area contributed by atoms with Crippen molar-refractivity contribution in [1.82, 2.24) is 9.80 Å². The van der Waals surface area contributed by atoms with Gasteiger partial charge in [0, 0.05) is 38.1 Å². The number of esters is 1. The SMILES string of the molecule is CCOC(=O)[C@]12CCCN(C(=O)C3(F)CCC3)C[C@H]1CN(C(C)C)C2.O=C(O)C(F)(F)F. The molecule has 3 aliphatic rings. The number of carbonyl (C=O) groups is 3. The van der Waals surface area contributed by atoms with Crippen LogP contribution in [-0.4, -0.2) is 83.4 Å². The number of hydrogen-bond donors (Lipinski definition) is 1. The van der Waals surface area contributed by atoms with Crippen molar-refractivity contribution in [2.24, 2.45) is 11.3 Å². The third-order valence-electron chi connectivity index (χ3n) is 6.68. The van der Waals surface area contributed by atoms with Crippen LogP contribution in [0.4, 0.5) is 17.6 Å². The first-order valence-electron chi connectivity index (χ1n) is 11.0. The second-order valence-electron chi connectivity index (χ2n) is 9.07. The van der Waals surface area contributed by atoms with Crippen LogP contribution in [0.15, 0.2) is 0 Å². The quantitative estimate of drug-likeness (QED) is 0.504. The summed E-state index contributed by atoms with van der Waals surface area (Å²) in [6, 6.07) is 0.335. The Hall–Kier alpha value is -1.91. The van der Waals surface area contributed by atoms with Gasteiger partial charge in [0.15, 0.2) is 5.67 Å². The molecule has 1 aliphatic carbocycles. The summed E-state index contributed by atoms with van der Waals surface area (Å²) >= 11 is 0. The molecule has 7 nitrogen and oxygen atoms in total. The number of amides is 1. The highest BCUT2D eigenvalue weighted by Crippen LogP contribution is 2.45. The fourth-order valence-corrected chi connectivity index (χ4v) is 4.64. The van der Waals surface area contributed by atoms with Gasteiger partial charge in [-0.1, -0.05) is 0 Å². The van der Waals surface area contributed by atoms with Crippen molar-refractivity contribution in [3.05, 3.63) is 0 Å². The molecule has 0 aromatic rings. The zero-order valence-corrected chi connectivity index (χ0v) is 18.7. The third-order valence-corrected chi connectivity index (χ3v) is 6.68. The summed E-state index contributed by atoms with van der Waals surface area (Å²) in [5.74, 6) is -3.24. The molecular weight excluding hydrogens is 436 g/mol. The monoisotopic (exact) mass is 468 g/mol. The molecule has 0 radical (unpaired) electrons. The summed E-state index contributed by atoms with van der Waals surface area (Å²) in [7, 11) is 0. The first-order valence-corrected chi connectivity index (χ1v) is 11.0. The number of carbonyl (C=O) groups excluding carboxylic acids is 2. The van der Waals surface area contributed by atoms with Crippen LogP contribution in [0.25, 0.3) is 0 Å². The van der Waals surface area contributed by atoms with E-state index in [-0.39, 0.29) is 17.8 Å². The molecule has 184 valence electrons. The van der Waals surface area contributed by atoms with E-state index in [1.54, 1.807) is 4.90 Å². The largest absolute Gasteiger partial charge is 0.490 e. The van der Waals surface area contributed by atoms with Crippen LogP contribution in [0.5, 0.6) is 0 Å². The van der Waals surface area contributed by atoms with Gasteiger partial charge in [-0.15, -0.1) is 0 Å². The number of carboxylic acid groups (broad SMARTS) is 1. The predicted molar refractivity (Wildman–Crippen MR) is 106 cm³/mol. The molecule has 0 bridgehead atoms. The maximum absolute atomic E-state index is 14.6. The molecule has 1 amide bonds. The number of ether oxygens (including phenoxy) is 1. The van der Waals surface area contributed by atoms with Crippen LogP contribution >= 0.6 is 0 Å². The molecule has 2 heterocycles. The summed E-state index contributed by atoms with van der Waals surface area (Å²) in [4.78, 5) is 38.4. The van der Waals surface area contributed by atoms with Gasteiger partial charge in [-0.25, -0.2) is 9.18 Å². The minimum atomic E-state index is -5.08. The molecule has 0 aromatic heterocycles. The van der Waals surface area contributed by atoms with Gasteiger partial charge in [0.1, 0.15) is 0 Å². The van der Waals surface area contributed by atoms with E-state index in [1.807, 2.05) is 6.92 Å². The lowest BCUT2D eigenvalue weighted by molar-refractivity contribution is -0.192. The van der Waals surface area contributed by atoms with Crippen LogP contribution in [0.1, 0.15) is 52.9 Å². The van der Waals surface area contributed by atoms with E-state index in [1.165, 1.54) is 0 Å². The summed E-state index contributed by atoms with van der Waals surface area (Å²) in [5, 5.41) is 7.12. The zero-order chi connectivity index (χ0) is 24.3. The van der Waals surface area contributed by atoms with Crippen molar-refractivity contribution in [2.75, 3.05) is 32.8 Å². The number of fused-ring (bicyclic) bond motifs is 1. The van der Waals surface area contributed by atoms with E-state index >= 15 is 0 Å². The Morgan fingerprint density at radius 2 is 1.72 bits per heavy atom. The van der Waals surface area contributed by atoms with Gasteiger partial charge in [0.05, 0.1) is 12.0 Å². The van der Waals surface area contributed by atoms with E-state index in [4.69, 9.17) is 14.6 Å². The molecule has 32 heavy (non-hydrogen) atoms. The van der Waals surface area contributed by atoms with Crippen molar-refractivity contribution in [3.8, 4) is 0 Å². The molecule has 0 unspecified atom stereocenters. The minimum Gasteiger partial charge on any atom is -0.475 e. The lowest BCUT2D eigenvalue weighted by Gasteiger charge is -2.38. The molecule has 2 atom stereocenters. The van der Waals surface area contributed by atoms with Crippen molar-refractivity contribution in [1.29, 1.82) is 0 Å². The van der Waals surface area contributed by atoms with Crippen molar-refractivity contribution >= 4 is 17.8 Å². The van der Waals surface area contributed by atoms with E-state index < -0.39 is 23.2 Å². The minimum absolute atomic E-state index is 0.0177. The van der Waals surface area contributed by atoms with E-state index in [9.17, 15) is 27.2 Å². The van der Waals surface area contributed by atoms with Crippen LogP contribution in [0, 0.1) is 11.3 Å². The Morgan fingerprint density at radius 1 is 1.12 bits per heavy atom. The Kier molecular flexibility index (Phi) is 8.17. The molecule has 1 saturated carbocycles. The Bertz CT molecular complexity index is 711. The molecule has 2 aliphatic heterocycles.